The first-order chi connectivity index (χ1) is 11.5. The second kappa shape index (κ2) is 6.38. The van der Waals surface area contributed by atoms with Crippen molar-refractivity contribution in [3.63, 3.8) is 0 Å². The lowest BCUT2D eigenvalue weighted by molar-refractivity contribution is -0.143. The minimum Gasteiger partial charge on any atom is -0.467 e. The normalized spacial score (nSPS) is 15.0. The van der Waals surface area contributed by atoms with Crippen molar-refractivity contribution in [3.8, 4) is 0 Å². The van der Waals surface area contributed by atoms with E-state index in [0.29, 0.717) is 5.92 Å². The highest BCUT2D eigenvalue weighted by atomic mass is 19.1. The van der Waals surface area contributed by atoms with Crippen LogP contribution >= 0.6 is 0 Å². The standard InChI is InChI=1S/C16H15F2N3O3/c1-24-16(23)14(10-6-9(17)4-5-11(10)18)19-15(22)13-7-12(20-21-13)8-2-3-8/h4-8,14H,2-3H2,1H3,(H,19,22)(H,20,21)/t14-/m0/s1. The number of nitrogens with one attached hydrogen (secondary N) is 2. The number of H-pyrrole nitrogens is 1. The van der Waals surface area contributed by atoms with E-state index < -0.39 is 29.6 Å². The number of amides is 1. The molecule has 24 heavy (non-hydrogen) atoms. The van der Waals surface area contributed by atoms with Crippen LogP contribution in [0.3, 0.4) is 0 Å². The fraction of sp³-hybridized carbons (Fsp3) is 0.312. The highest BCUT2D eigenvalue weighted by Crippen LogP contribution is 2.39. The quantitative estimate of drug-likeness (QED) is 0.821. The van der Waals surface area contributed by atoms with Crippen molar-refractivity contribution in [3.05, 3.63) is 52.9 Å². The maximum Gasteiger partial charge on any atom is 0.333 e. The summed E-state index contributed by atoms with van der Waals surface area (Å²) < 4.78 is 31.9. The van der Waals surface area contributed by atoms with Gasteiger partial charge in [-0.1, -0.05) is 0 Å². The summed E-state index contributed by atoms with van der Waals surface area (Å²) in [5.74, 6) is -2.78. The van der Waals surface area contributed by atoms with Gasteiger partial charge in [0, 0.05) is 17.2 Å². The van der Waals surface area contributed by atoms with E-state index in [-0.39, 0.29) is 11.3 Å². The molecule has 1 amide bonds. The SMILES string of the molecule is COC(=O)[C@@H](NC(=O)c1cc(C2CC2)[nH]n1)c1cc(F)ccc1F. The lowest BCUT2D eigenvalue weighted by Crippen LogP contribution is -2.35. The summed E-state index contributed by atoms with van der Waals surface area (Å²) in [5, 5.41) is 8.99. The number of hydrogen-bond donors (Lipinski definition) is 2. The van der Waals surface area contributed by atoms with Gasteiger partial charge in [-0.05, 0) is 37.1 Å². The molecule has 6 nitrogen and oxygen atoms in total. The monoisotopic (exact) mass is 335 g/mol. The van der Waals surface area contributed by atoms with Gasteiger partial charge in [0.05, 0.1) is 7.11 Å². The van der Waals surface area contributed by atoms with Crippen molar-refractivity contribution in [2.24, 2.45) is 0 Å². The Balaban J connectivity index is 1.84. The third kappa shape index (κ3) is 3.27. The number of rotatable bonds is 5. The number of benzene rings is 1. The molecule has 126 valence electrons. The van der Waals surface area contributed by atoms with Crippen LogP contribution in [0, 0.1) is 11.6 Å². The van der Waals surface area contributed by atoms with E-state index in [0.717, 1.165) is 43.8 Å². The second-order valence-electron chi connectivity index (χ2n) is 5.58. The molecule has 0 aliphatic heterocycles. The molecule has 1 aliphatic rings. The zero-order valence-corrected chi connectivity index (χ0v) is 12.8. The molecule has 3 rings (SSSR count). The zero-order chi connectivity index (χ0) is 17.3. The molecule has 1 heterocycles. The van der Waals surface area contributed by atoms with Crippen molar-refractivity contribution in [2.45, 2.75) is 24.8 Å². The van der Waals surface area contributed by atoms with E-state index >= 15 is 0 Å². The molecule has 0 spiro atoms. The van der Waals surface area contributed by atoms with Gasteiger partial charge in [-0.15, -0.1) is 0 Å². The summed E-state index contributed by atoms with van der Waals surface area (Å²) in [6.07, 6.45) is 2.06. The minimum absolute atomic E-state index is 0.0719. The maximum absolute atomic E-state index is 13.9. The van der Waals surface area contributed by atoms with Crippen LogP contribution in [0.25, 0.3) is 0 Å². The van der Waals surface area contributed by atoms with Gasteiger partial charge in [0.25, 0.3) is 5.91 Å². The smallest absolute Gasteiger partial charge is 0.333 e. The van der Waals surface area contributed by atoms with Gasteiger partial charge >= 0.3 is 5.97 Å². The Labute approximate surface area is 136 Å². The number of methoxy groups -OCH3 is 1. The molecule has 1 fully saturated rings. The molecular formula is C16H15F2N3O3. The van der Waals surface area contributed by atoms with E-state index in [1.165, 1.54) is 0 Å². The first kappa shape index (κ1) is 16.1. The van der Waals surface area contributed by atoms with Crippen LogP contribution in [0.5, 0.6) is 0 Å². The van der Waals surface area contributed by atoms with E-state index in [4.69, 9.17) is 0 Å². The largest absolute Gasteiger partial charge is 0.467 e. The highest BCUT2D eigenvalue weighted by Gasteiger charge is 2.30. The maximum atomic E-state index is 13.9. The molecule has 0 radical (unpaired) electrons. The van der Waals surface area contributed by atoms with Gasteiger partial charge < -0.3 is 10.1 Å². The Morgan fingerprint density at radius 3 is 2.75 bits per heavy atom. The van der Waals surface area contributed by atoms with Gasteiger partial charge in [0.15, 0.2) is 6.04 Å². The van der Waals surface area contributed by atoms with Crippen LogP contribution < -0.4 is 5.32 Å². The van der Waals surface area contributed by atoms with Gasteiger partial charge in [0.1, 0.15) is 17.3 Å². The van der Waals surface area contributed by atoms with Crippen LogP contribution in [0.1, 0.15) is 46.5 Å². The third-order valence-electron chi connectivity index (χ3n) is 3.83. The van der Waals surface area contributed by atoms with Gasteiger partial charge in [-0.2, -0.15) is 5.10 Å². The van der Waals surface area contributed by atoms with Crippen LogP contribution in [0.2, 0.25) is 0 Å². The van der Waals surface area contributed by atoms with Crippen LogP contribution in [-0.4, -0.2) is 29.2 Å². The van der Waals surface area contributed by atoms with Gasteiger partial charge in [0.2, 0.25) is 0 Å². The summed E-state index contributed by atoms with van der Waals surface area (Å²) in [6.45, 7) is 0. The molecule has 0 saturated heterocycles. The average Bonchev–Trinajstić information content (AvgIpc) is 3.31. The molecule has 8 heteroatoms. The molecular weight excluding hydrogens is 320 g/mol. The summed E-state index contributed by atoms with van der Waals surface area (Å²) in [7, 11) is 1.10. The Kier molecular flexibility index (Phi) is 4.28. The Hall–Kier alpha value is -2.77. The van der Waals surface area contributed by atoms with Gasteiger partial charge in [-0.25, -0.2) is 13.6 Å². The number of ether oxygens (including phenoxy) is 1. The first-order valence-corrected chi connectivity index (χ1v) is 7.38. The molecule has 0 unspecified atom stereocenters. The predicted molar refractivity (Wildman–Crippen MR) is 79.1 cm³/mol. The summed E-state index contributed by atoms with van der Waals surface area (Å²) in [6, 6.07) is 2.76. The molecule has 2 aromatic rings. The van der Waals surface area contributed by atoms with Crippen molar-refractivity contribution < 1.29 is 23.1 Å². The fourth-order valence-electron chi connectivity index (χ4n) is 2.38. The number of esters is 1. The van der Waals surface area contributed by atoms with Crippen LogP contribution in [0.4, 0.5) is 8.78 Å². The Morgan fingerprint density at radius 1 is 1.33 bits per heavy atom. The number of nitrogens with zero attached hydrogens (tertiary/aromatic N) is 1. The Morgan fingerprint density at radius 2 is 2.08 bits per heavy atom. The fourth-order valence-corrected chi connectivity index (χ4v) is 2.38. The van der Waals surface area contributed by atoms with Crippen molar-refractivity contribution >= 4 is 11.9 Å². The van der Waals surface area contributed by atoms with E-state index in [1.54, 1.807) is 6.07 Å². The average molecular weight is 335 g/mol. The van der Waals surface area contributed by atoms with Crippen molar-refractivity contribution in [2.75, 3.05) is 7.11 Å². The van der Waals surface area contributed by atoms with E-state index in [9.17, 15) is 18.4 Å². The number of carbonyl (C=O) groups excluding carboxylic acids is 2. The second-order valence-corrected chi connectivity index (χ2v) is 5.58. The van der Waals surface area contributed by atoms with E-state index in [2.05, 4.69) is 20.3 Å². The third-order valence-corrected chi connectivity index (χ3v) is 3.83. The molecule has 1 aromatic heterocycles. The lowest BCUT2D eigenvalue weighted by Gasteiger charge is -2.17. The molecule has 0 bridgehead atoms. The molecule has 1 aliphatic carbocycles. The topological polar surface area (TPSA) is 84.1 Å². The predicted octanol–water partition coefficient (Wildman–Crippen LogP) is 2.21. The van der Waals surface area contributed by atoms with Gasteiger partial charge in [-0.3, -0.25) is 9.89 Å². The number of hydrogen-bond acceptors (Lipinski definition) is 4. The van der Waals surface area contributed by atoms with Crippen LogP contribution in [-0.2, 0) is 9.53 Å². The highest BCUT2D eigenvalue weighted by molar-refractivity contribution is 5.95. The molecule has 1 aromatic carbocycles. The number of aromatic amines is 1. The van der Waals surface area contributed by atoms with E-state index in [1.807, 2.05) is 0 Å². The first-order valence-electron chi connectivity index (χ1n) is 7.38. The molecule has 1 saturated carbocycles. The molecule has 2 N–H and O–H groups in total. The summed E-state index contributed by atoms with van der Waals surface area (Å²) in [5.41, 5.74) is 0.600. The lowest BCUT2D eigenvalue weighted by atomic mass is 10.1. The van der Waals surface area contributed by atoms with Crippen molar-refractivity contribution in [1.29, 1.82) is 0 Å². The van der Waals surface area contributed by atoms with Crippen LogP contribution in [0.15, 0.2) is 24.3 Å². The number of halogens is 2. The Bertz CT molecular complexity index is 787. The molecule has 1 atom stereocenters. The summed E-state index contributed by atoms with van der Waals surface area (Å²) >= 11 is 0. The number of aromatic nitrogens is 2. The summed E-state index contributed by atoms with van der Waals surface area (Å²) in [4.78, 5) is 24.2. The van der Waals surface area contributed by atoms with Crippen molar-refractivity contribution in [1.82, 2.24) is 15.5 Å². The number of carbonyl (C=O) groups is 2. The zero-order valence-electron chi connectivity index (χ0n) is 12.8. The minimum atomic E-state index is -1.47.